The smallest absolute Gasteiger partial charge is 0.419 e. The Balaban J connectivity index is 1.96. The first kappa shape index (κ1) is 20.9. The minimum absolute atomic E-state index is 0.130. The fourth-order valence-electron chi connectivity index (χ4n) is 4.03. The Hall–Kier alpha value is -3.33. The van der Waals surface area contributed by atoms with Gasteiger partial charge in [-0.1, -0.05) is 12.1 Å². The number of pyridine rings is 1. The summed E-state index contributed by atoms with van der Waals surface area (Å²) < 4.78 is 56.6. The Morgan fingerprint density at radius 1 is 1.23 bits per heavy atom. The Bertz CT molecular complexity index is 1270. The van der Waals surface area contributed by atoms with Crippen LogP contribution in [0.25, 0.3) is 16.5 Å². The number of aromatic nitrogens is 1. The topological polar surface area (TPSA) is 85.4 Å². The molecule has 0 saturated heterocycles. The van der Waals surface area contributed by atoms with E-state index < -0.39 is 35.8 Å². The van der Waals surface area contributed by atoms with Crippen LogP contribution in [-0.4, -0.2) is 27.0 Å². The first-order valence-corrected chi connectivity index (χ1v) is 9.41. The van der Waals surface area contributed by atoms with Crippen molar-refractivity contribution in [3.8, 4) is 5.75 Å². The molecule has 1 aliphatic rings. The number of aliphatic hydroxyl groups is 1. The predicted molar refractivity (Wildman–Crippen MR) is 108 cm³/mol. The van der Waals surface area contributed by atoms with Crippen molar-refractivity contribution in [1.82, 2.24) is 4.98 Å². The molecular weight excluding hydrogens is 416 g/mol. The summed E-state index contributed by atoms with van der Waals surface area (Å²) in [5.74, 6) is -1.80. The van der Waals surface area contributed by atoms with Crippen LogP contribution in [0.1, 0.15) is 30.5 Å². The first-order valence-electron chi connectivity index (χ1n) is 9.41. The minimum Gasteiger partial charge on any atom is -0.505 e. The quantitative estimate of drug-likeness (QED) is 0.443. The number of benzene rings is 2. The summed E-state index contributed by atoms with van der Waals surface area (Å²) in [6.07, 6.45) is -4.44. The van der Waals surface area contributed by atoms with E-state index in [2.05, 4.69) is 10.3 Å². The molecule has 31 heavy (non-hydrogen) atoms. The number of nitrogens with one attached hydrogen (secondary N) is 2. The van der Waals surface area contributed by atoms with Gasteiger partial charge in [0.25, 0.3) is 0 Å². The predicted octanol–water partition coefficient (Wildman–Crippen LogP) is 4.63. The molecule has 1 aromatic heterocycles. The maximum atomic E-state index is 14.2. The van der Waals surface area contributed by atoms with Gasteiger partial charge in [-0.05, 0) is 54.0 Å². The number of hydrogen-bond donors (Lipinski definition) is 4. The molecule has 0 amide bonds. The Morgan fingerprint density at radius 2 is 1.97 bits per heavy atom. The lowest BCUT2D eigenvalue weighted by atomic mass is 9.72. The molecule has 3 aromatic rings. The highest BCUT2D eigenvalue weighted by Gasteiger charge is 2.61. The molecule has 0 unspecified atom stereocenters. The third-order valence-electron chi connectivity index (χ3n) is 5.62. The zero-order valence-corrected chi connectivity index (χ0v) is 16.2. The zero-order valence-electron chi connectivity index (χ0n) is 16.2. The fraction of sp³-hybridized carbons (Fsp3) is 0.227. The highest BCUT2D eigenvalue weighted by molar-refractivity contribution is 5.91. The van der Waals surface area contributed by atoms with Crippen molar-refractivity contribution in [3.63, 3.8) is 0 Å². The van der Waals surface area contributed by atoms with Crippen LogP contribution in [0.4, 0.5) is 23.2 Å². The third kappa shape index (κ3) is 3.34. The summed E-state index contributed by atoms with van der Waals surface area (Å²) in [5.41, 5.74) is -2.84. The molecular formula is C22H18F4N2O3. The molecule has 162 valence electrons. The number of fused-ring (bicyclic) bond motifs is 2. The molecule has 4 rings (SSSR count). The lowest BCUT2D eigenvalue weighted by molar-refractivity contribution is -0.265. The van der Waals surface area contributed by atoms with Crippen LogP contribution < -0.4 is 10.9 Å². The zero-order chi connectivity index (χ0) is 22.6. The van der Waals surface area contributed by atoms with Gasteiger partial charge in [-0.25, -0.2) is 4.39 Å². The standard InChI is InChI=1S/C22H18F4N2O3/c1-2-11-10-21(31,22(24,25)26)20(14-8-15(23)18(29)9-13(11)14)28-17-5-3-4-16-12(17)6-7-19(30)27-16/h2-9,20,28-29,31H,10H2,1H3,(H,27,30)/b11-2-/t20-,21-/m1/s1. The number of rotatable bonds is 2. The number of phenolic OH excluding ortho intramolecular Hbond substituents is 1. The number of H-pyrrole nitrogens is 1. The van der Waals surface area contributed by atoms with Crippen LogP contribution in [0.15, 0.2) is 53.3 Å². The van der Waals surface area contributed by atoms with E-state index in [1.165, 1.54) is 37.3 Å². The summed E-state index contributed by atoms with van der Waals surface area (Å²) >= 11 is 0. The van der Waals surface area contributed by atoms with Gasteiger partial charge in [0.1, 0.15) is 0 Å². The van der Waals surface area contributed by atoms with Gasteiger partial charge in [-0.3, -0.25) is 4.79 Å². The highest BCUT2D eigenvalue weighted by atomic mass is 19.4. The van der Waals surface area contributed by atoms with E-state index in [-0.39, 0.29) is 27.9 Å². The van der Waals surface area contributed by atoms with Crippen LogP contribution in [0, 0.1) is 5.82 Å². The van der Waals surface area contributed by atoms with E-state index in [9.17, 15) is 32.6 Å². The van der Waals surface area contributed by atoms with Gasteiger partial charge in [0, 0.05) is 23.6 Å². The summed E-state index contributed by atoms with van der Waals surface area (Å²) in [6, 6.07) is 7.38. The molecule has 0 fully saturated rings. The molecule has 0 spiro atoms. The number of aromatic amines is 1. The fourth-order valence-corrected chi connectivity index (χ4v) is 4.03. The van der Waals surface area contributed by atoms with Crippen LogP contribution >= 0.6 is 0 Å². The lowest BCUT2D eigenvalue weighted by Gasteiger charge is -2.44. The van der Waals surface area contributed by atoms with Gasteiger partial charge in [-0.15, -0.1) is 0 Å². The van der Waals surface area contributed by atoms with Gasteiger partial charge >= 0.3 is 6.18 Å². The Kier molecular flexibility index (Phi) is 4.81. The van der Waals surface area contributed by atoms with Crippen molar-refractivity contribution in [2.75, 3.05) is 5.32 Å². The average Bonchev–Trinajstić information content (AvgIpc) is 2.70. The molecule has 0 saturated carbocycles. The summed E-state index contributed by atoms with van der Waals surface area (Å²) in [5, 5.41) is 23.8. The molecule has 0 aliphatic heterocycles. The van der Waals surface area contributed by atoms with Crippen molar-refractivity contribution in [3.05, 3.63) is 75.8 Å². The van der Waals surface area contributed by atoms with Crippen LogP contribution in [-0.2, 0) is 0 Å². The van der Waals surface area contributed by atoms with Crippen LogP contribution in [0.2, 0.25) is 0 Å². The van der Waals surface area contributed by atoms with Gasteiger partial charge < -0.3 is 20.5 Å². The number of aromatic hydroxyl groups is 1. The van der Waals surface area contributed by atoms with Crippen LogP contribution in [0.3, 0.4) is 0 Å². The van der Waals surface area contributed by atoms with Gasteiger partial charge in [0.05, 0.1) is 11.6 Å². The first-order chi connectivity index (χ1) is 14.5. The monoisotopic (exact) mass is 434 g/mol. The normalized spacial score (nSPS) is 22.5. The average molecular weight is 434 g/mol. The Morgan fingerprint density at radius 3 is 2.65 bits per heavy atom. The molecule has 0 radical (unpaired) electrons. The minimum atomic E-state index is -5.05. The second kappa shape index (κ2) is 7.12. The lowest BCUT2D eigenvalue weighted by Crippen LogP contribution is -2.54. The SMILES string of the molecule is C/C=C1/C[C@](O)(C(F)(F)F)[C@H](Nc2cccc3[nH]c(=O)ccc23)c2cc(F)c(O)cc21. The van der Waals surface area contributed by atoms with Gasteiger partial charge in [-0.2, -0.15) is 13.2 Å². The number of allylic oxidation sites excluding steroid dienone is 1. The number of alkyl halides is 3. The molecule has 2 atom stereocenters. The second-order valence-corrected chi connectivity index (χ2v) is 7.47. The third-order valence-corrected chi connectivity index (χ3v) is 5.62. The summed E-state index contributed by atoms with van der Waals surface area (Å²) in [7, 11) is 0. The van der Waals surface area contributed by atoms with Crippen molar-refractivity contribution in [2.24, 2.45) is 0 Å². The van der Waals surface area contributed by atoms with E-state index in [1.54, 1.807) is 6.07 Å². The number of halogens is 4. The molecule has 5 nitrogen and oxygen atoms in total. The van der Waals surface area contributed by atoms with Crippen molar-refractivity contribution in [2.45, 2.75) is 31.2 Å². The second-order valence-electron chi connectivity index (χ2n) is 7.47. The largest absolute Gasteiger partial charge is 0.505 e. The molecule has 2 aromatic carbocycles. The number of phenols is 1. The molecule has 9 heteroatoms. The van der Waals surface area contributed by atoms with E-state index in [0.717, 1.165) is 12.1 Å². The maximum absolute atomic E-state index is 14.2. The summed E-state index contributed by atoms with van der Waals surface area (Å²) in [4.78, 5) is 14.2. The van der Waals surface area contributed by atoms with Gasteiger partial charge in [0.15, 0.2) is 17.2 Å². The van der Waals surface area contributed by atoms with E-state index >= 15 is 0 Å². The van der Waals surface area contributed by atoms with Gasteiger partial charge in [0.2, 0.25) is 5.56 Å². The van der Waals surface area contributed by atoms with E-state index in [1.807, 2.05) is 0 Å². The number of anilines is 1. The molecule has 1 aliphatic carbocycles. The van der Waals surface area contributed by atoms with Crippen LogP contribution in [0.5, 0.6) is 5.75 Å². The van der Waals surface area contributed by atoms with Crippen molar-refractivity contribution in [1.29, 1.82) is 0 Å². The van der Waals surface area contributed by atoms with E-state index in [0.29, 0.717) is 10.9 Å². The summed E-state index contributed by atoms with van der Waals surface area (Å²) in [6.45, 7) is 1.51. The molecule has 0 bridgehead atoms. The maximum Gasteiger partial charge on any atom is 0.419 e. The molecule has 4 N–H and O–H groups in total. The van der Waals surface area contributed by atoms with Crippen molar-refractivity contribution >= 4 is 22.2 Å². The Labute approximate surface area is 173 Å². The molecule has 1 heterocycles. The van der Waals surface area contributed by atoms with Crippen molar-refractivity contribution < 1.29 is 27.8 Å². The highest BCUT2D eigenvalue weighted by Crippen LogP contribution is 2.53. The number of hydrogen-bond acceptors (Lipinski definition) is 4. The van der Waals surface area contributed by atoms with E-state index in [4.69, 9.17) is 0 Å².